The van der Waals surface area contributed by atoms with Crippen molar-refractivity contribution < 1.29 is 0 Å². The first kappa shape index (κ1) is 29.5. The maximum atomic E-state index is 5.09. The number of rotatable bonds is 4. The summed E-state index contributed by atoms with van der Waals surface area (Å²) in [5.74, 6) is 1.93. The fraction of sp³-hybridized carbons (Fsp3) is 0. The maximum absolute atomic E-state index is 5.09. The van der Waals surface area contributed by atoms with Gasteiger partial charge in [0.2, 0.25) is 0 Å². The van der Waals surface area contributed by atoms with Gasteiger partial charge in [-0.1, -0.05) is 152 Å². The van der Waals surface area contributed by atoms with E-state index in [4.69, 9.17) is 15.0 Å². The Bertz CT molecular complexity index is 3220. The lowest BCUT2D eigenvalue weighted by atomic mass is 9.96. The van der Waals surface area contributed by atoms with Crippen LogP contribution in [-0.2, 0) is 0 Å². The van der Waals surface area contributed by atoms with Gasteiger partial charge < -0.3 is 4.57 Å². The van der Waals surface area contributed by atoms with Gasteiger partial charge in [-0.15, -0.1) is 0 Å². The van der Waals surface area contributed by atoms with Gasteiger partial charge in [0.1, 0.15) is 0 Å². The Morgan fingerprint density at radius 2 is 0.811 bits per heavy atom. The van der Waals surface area contributed by atoms with Gasteiger partial charge in [0, 0.05) is 43.9 Å². The average molecular weight is 675 g/mol. The van der Waals surface area contributed by atoms with Crippen LogP contribution >= 0.6 is 0 Å². The van der Waals surface area contributed by atoms with Crippen LogP contribution in [0.15, 0.2) is 182 Å². The molecular formula is C49H30N4. The van der Waals surface area contributed by atoms with Crippen molar-refractivity contribution in [2.24, 2.45) is 0 Å². The van der Waals surface area contributed by atoms with E-state index in [1.807, 2.05) is 30.3 Å². The molecule has 4 nitrogen and oxygen atoms in total. The molecule has 0 saturated carbocycles. The number of fused-ring (bicyclic) bond motifs is 11. The van der Waals surface area contributed by atoms with E-state index in [1.165, 1.54) is 59.5 Å². The Hall–Kier alpha value is -7.17. The van der Waals surface area contributed by atoms with Crippen LogP contribution in [0.5, 0.6) is 0 Å². The minimum Gasteiger partial charge on any atom is -0.308 e. The van der Waals surface area contributed by atoms with Crippen LogP contribution in [0.1, 0.15) is 0 Å². The molecule has 2 aromatic heterocycles. The van der Waals surface area contributed by atoms with E-state index in [0.29, 0.717) is 17.5 Å². The van der Waals surface area contributed by atoms with E-state index in [9.17, 15) is 0 Å². The monoisotopic (exact) mass is 674 g/mol. The fourth-order valence-corrected chi connectivity index (χ4v) is 8.13. The van der Waals surface area contributed by atoms with E-state index in [1.54, 1.807) is 0 Å². The molecule has 0 aliphatic rings. The van der Waals surface area contributed by atoms with Crippen molar-refractivity contribution in [3.63, 3.8) is 0 Å². The summed E-state index contributed by atoms with van der Waals surface area (Å²) in [6, 6.07) is 64.5. The summed E-state index contributed by atoms with van der Waals surface area (Å²) in [7, 11) is 0. The lowest BCUT2D eigenvalue weighted by Gasteiger charge is -2.14. The predicted octanol–water partition coefficient (Wildman–Crippen LogP) is 12.6. The molecule has 0 spiro atoms. The highest BCUT2D eigenvalue weighted by atomic mass is 15.0. The third kappa shape index (κ3) is 4.66. The van der Waals surface area contributed by atoms with Crippen molar-refractivity contribution in [3.8, 4) is 39.9 Å². The van der Waals surface area contributed by atoms with Crippen LogP contribution in [0.3, 0.4) is 0 Å². The van der Waals surface area contributed by atoms with Crippen LogP contribution in [0.4, 0.5) is 0 Å². The molecule has 0 atom stereocenters. The van der Waals surface area contributed by atoms with E-state index < -0.39 is 0 Å². The number of hydrogen-bond acceptors (Lipinski definition) is 3. The second kappa shape index (κ2) is 11.7. The molecule has 0 radical (unpaired) electrons. The molecule has 246 valence electrons. The molecule has 2 heterocycles. The number of nitrogens with zero attached hydrogens (tertiary/aromatic N) is 4. The summed E-state index contributed by atoms with van der Waals surface area (Å²) < 4.78 is 2.47. The van der Waals surface area contributed by atoms with Gasteiger partial charge in [-0.05, 0) is 62.6 Å². The second-order valence-electron chi connectivity index (χ2n) is 13.6. The molecule has 53 heavy (non-hydrogen) atoms. The van der Waals surface area contributed by atoms with Crippen LogP contribution in [0.2, 0.25) is 0 Å². The van der Waals surface area contributed by atoms with Crippen LogP contribution < -0.4 is 0 Å². The molecule has 0 saturated heterocycles. The zero-order chi connectivity index (χ0) is 34.9. The molecule has 0 aliphatic carbocycles. The normalized spacial score (nSPS) is 11.8. The molecule has 0 amide bonds. The quantitative estimate of drug-likeness (QED) is 0.175. The van der Waals surface area contributed by atoms with Gasteiger partial charge in [0.05, 0.1) is 11.0 Å². The highest BCUT2D eigenvalue weighted by molar-refractivity contribution is 6.34. The van der Waals surface area contributed by atoms with Crippen molar-refractivity contribution in [3.05, 3.63) is 182 Å². The Balaban J connectivity index is 1.15. The van der Waals surface area contributed by atoms with Crippen molar-refractivity contribution in [2.45, 2.75) is 0 Å². The molecule has 0 fully saturated rings. The molecule has 0 N–H and O–H groups in total. The molecule has 0 unspecified atom stereocenters. The zero-order valence-corrected chi connectivity index (χ0v) is 28.6. The first-order valence-electron chi connectivity index (χ1n) is 18.0. The van der Waals surface area contributed by atoms with E-state index in [-0.39, 0.29) is 0 Å². The van der Waals surface area contributed by atoms with Gasteiger partial charge >= 0.3 is 0 Å². The number of aromatic nitrogens is 4. The standard InChI is InChI=1S/C49H30N4/c1-2-14-33(15-3-1)47-50-48(52-49(51-47)36-23-22-31-12-4-5-16-35(31)30-36)34-24-27-37(28-25-34)53-45-38-17-7-6-13-32(38)26-29-43(45)44-41-20-10-8-18-39(41)40-19-9-11-21-42(40)46(44)53/h1-30H. The van der Waals surface area contributed by atoms with Gasteiger partial charge in [-0.25, -0.2) is 15.0 Å². The largest absolute Gasteiger partial charge is 0.308 e. The first-order valence-corrected chi connectivity index (χ1v) is 18.0. The Morgan fingerprint density at radius 3 is 1.55 bits per heavy atom. The minimum absolute atomic E-state index is 0.637. The van der Waals surface area contributed by atoms with Crippen molar-refractivity contribution in [2.75, 3.05) is 0 Å². The SMILES string of the molecule is c1ccc(-c2nc(-c3ccc(-n4c5c6ccccc6ccc5c5c6ccccc6c6ccccc6c54)cc3)nc(-c3ccc4ccccc4c3)n2)cc1. The van der Waals surface area contributed by atoms with Crippen LogP contribution in [0.25, 0.3) is 105 Å². The van der Waals surface area contributed by atoms with Gasteiger partial charge in [0.25, 0.3) is 0 Å². The van der Waals surface area contributed by atoms with Crippen molar-refractivity contribution in [1.82, 2.24) is 19.5 Å². The topological polar surface area (TPSA) is 43.6 Å². The third-order valence-electron chi connectivity index (χ3n) is 10.6. The lowest BCUT2D eigenvalue weighted by molar-refractivity contribution is 1.07. The third-order valence-corrected chi connectivity index (χ3v) is 10.6. The second-order valence-corrected chi connectivity index (χ2v) is 13.6. The molecule has 11 rings (SSSR count). The van der Waals surface area contributed by atoms with Crippen LogP contribution in [0, 0.1) is 0 Å². The number of hydrogen-bond donors (Lipinski definition) is 0. The van der Waals surface area contributed by atoms with E-state index in [0.717, 1.165) is 27.8 Å². The van der Waals surface area contributed by atoms with Crippen molar-refractivity contribution in [1.29, 1.82) is 0 Å². The number of benzene rings is 9. The van der Waals surface area contributed by atoms with Crippen LogP contribution in [-0.4, -0.2) is 19.5 Å². The molecule has 0 bridgehead atoms. The van der Waals surface area contributed by atoms with Gasteiger partial charge in [-0.2, -0.15) is 0 Å². The minimum atomic E-state index is 0.637. The van der Waals surface area contributed by atoms with Gasteiger partial charge in [-0.3, -0.25) is 0 Å². The van der Waals surface area contributed by atoms with Crippen molar-refractivity contribution >= 4 is 64.9 Å². The highest BCUT2D eigenvalue weighted by Gasteiger charge is 2.21. The van der Waals surface area contributed by atoms with E-state index >= 15 is 0 Å². The summed E-state index contributed by atoms with van der Waals surface area (Å²) in [6.45, 7) is 0. The summed E-state index contributed by atoms with van der Waals surface area (Å²) >= 11 is 0. The van der Waals surface area contributed by atoms with Gasteiger partial charge in [0.15, 0.2) is 17.5 Å². The maximum Gasteiger partial charge on any atom is 0.164 e. The Morgan fingerprint density at radius 1 is 0.302 bits per heavy atom. The summed E-state index contributed by atoms with van der Waals surface area (Å²) in [5.41, 5.74) is 6.33. The Kier molecular flexibility index (Phi) is 6.52. The highest BCUT2D eigenvalue weighted by Crippen LogP contribution is 2.44. The molecule has 4 heteroatoms. The lowest BCUT2D eigenvalue weighted by Crippen LogP contribution is -2.01. The smallest absolute Gasteiger partial charge is 0.164 e. The predicted molar refractivity (Wildman–Crippen MR) is 220 cm³/mol. The fourth-order valence-electron chi connectivity index (χ4n) is 8.13. The molecule has 0 aliphatic heterocycles. The zero-order valence-electron chi connectivity index (χ0n) is 28.6. The molecular weight excluding hydrogens is 645 g/mol. The summed E-state index contributed by atoms with van der Waals surface area (Å²) in [6.07, 6.45) is 0. The van der Waals surface area contributed by atoms with E-state index in [2.05, 4.69) is 156 Å². The average Bonchev–Trinajstić information content (AvgIpc) is 3.60. The summed E-state index contributed by atoms with van der Waals surface area (Å²) in [5, 5.41) is 12.3. The molecule has 11 aromatic rings. The molecule has 9 aromatic carbocycles. The first-order chi connectivity index (χ1) is 26.3. The Labute approximate surface area is 305 Å². The summed E-state index contributed by atoms with van der Waals surface area (Å²) in [4.78, 5) is 15.1.